The van der Waals surface area contributed by atoms with Gasteiger partial charge in [0.05, 0.1) is 12.1 Å². The number of nitrogens with one attached hydrogen (secondary N) is 2. The van der Waals surface area contributed by atoms with E-state index >= 15 is 0 Å². The van der Waals surface area contributed by atoms with Crippen molar-refractivity contribution in [2.45, 2.75) is 78.0 Å². The van der Waals surface area contributed by atoms with Gasteiger partial charge in [-0.25, -0.2) is 4.79 Å². The van der Waals surface area contributed by atoms with Gasteiger partial charge in [-0.3, -0.25) is 4.79 Å². The van der Waals surface area contributed by atoms with Crippen LogP contribution in [0.15, 0.2) is 30.3 Å². The Balaban J connectivity index is 2.01. The quantitative estimate of drug-likeness (QED) is 0.470. The molecule has 7 heteroatoms. The van der Waals surface area contributed by atoms with Crippen LogP contribution in [0.25, 0.3) is 0 Å². The second-order valence-corrected chi connectivity index (χ2v) is 10.4. The number of aliphatic hydroxyl groups is 1. The Morgan fingerprint density at radius 1 is 1.12 bits per heavy atom. The molecular formula is C26H43N3O4. The van der Waals surface area contributed by atoms with Crippen molar-refractivity contribution in [2.75, 3.05) is 26.2 Å². The SMILES string of the molecule is CC(C)[C@H](C[C@H](O)[C@H](Cc1ccccc1)NC(=O)OC(C)(C)C)C(=O)NCCN1CCCC1. The maximum atomic E-state index is 12.9. The Bertz CT molecular complexity index is 727. The first-order valence-corrected chi connectivity index (χ1v) is 12.3. The molecule has 0 spiro atoms. The first kappa shape index (κ1) is 27.1. The van der Waals surface area contributed by atoms with Crippen molar-refractivity contribution in [1.29, 1.82) is 0 Å². The highest BCUT2D eigenvalue weighted by molar-refractivity contribution is 5.79. The van der Waals surface area contributed by atoms with Gasteiger partial charge in [0.15, 0.2) is 0 Å². The van der Waals surface area contributed by atoms with Crippen LogP contribution in [-0.2, 0) is 16.0 Å². The van der Waals surface area contributed by atoms with Gasteiger partial charge in [-0.2, -0.15) is 0 Å². The second-order valence-electron chi connectivity index (χ2n) is 10.4. The molecule has 1 aromatic rings. The zero-order chi connectivity index (χ0) is 24.4. The van der Waals surface area contributed by atoms with Crippen LogP contribution in [0.1, 0.15) is 59.4 Å². The lowest BCUT2D eigenvalue weighted by atomic mass is 9.86. The molecule has 0 saturated carbocycles. The Morgan fingerprint density at radius 2 is 1.76 bits per heavy atom. The molecule has 7 nitrogen and oxygen atoms in total. The molecule has 1 heterocycles. The number of amides is 2. The van der Waals surface area contributed by atoms with E-state index in [9.17, 15) is 14.7 Å². The summed E-state index contributed by atoms with van der Waals surface area (Å²) in [7, 11) is 0. The molecule has 186 valence electrons. The summed E-state index contributed by atoms with van der Waals surface area (Å²) in [6, 6.07) is 9.13. The number of ether oxygens (including phenoxy) is 1. The lowest BCUT2D eigenvalue weighted by molar-refractivity contribution is -0.127. The summed E-state index contributed by atoms with van der Waals surface area (Å²) in [5, 5.41) is 17.0. The first-order chi connectivity index (χ1) is 15.5. The first-order valence-electron chi connectivity index (χ1n) is 12.3. The topological polar surface area (TPSA) is 90.9 Å². The summed E-state index contributed by atoms with van der Waals surface area (Å²) in [6.45, 7) is 13.1. The van der Waals surface area contributed by atoms with Gasteiger partial charge in [-0.1, -0.05) is 44.2 Å². The number of likely N-dealkylation sites (tertiary alicyclic amines) is 1. The molecule has 1 aliphatic heterocycles. The number of rotatable bonds is 11. The number of carbonyl (C=O) groups excluding carboxylic acids is 2. The van der Waals surface area contributed by atoms with Crippen molar-refractivity contribution < 1.29 is 19.4 Å². The number of carbonyl (C=O) groups is 2. The molecule has 1 aliphatic rings. The van der Waals surface area contributed by atoms with E-state index in [2.05, 4.69) is 15.5 Å². The summed E-state index contributed by atoms with van der Waals surface area (Å²) in [6.07, 6.45) is 1.70. The van der Waals surface area contributed by atoms with E-state index in [4.69, 9.17) is 4.74 Å². The number of benzene rings is 1. The zero-order valence-electron chi connectivity index (χ0n) is 21.0. The molecule has 33 heavy (non-hydrogen) atoms. The molecular weight excluding hydrogens is 418 g/mol. The van der Waals surface area contributed by atoms with E-state index in [1.54, 1.807) is 20.8 Å². The van der Waals surface area contributed by atoms with Crippen LogP contribution in [0.4, 0.5) is 4.79 Å². The lowest BCUT2D eigenvalue weighted by Crippen LogP contribution is -2.48. The third-order valence-corrected chi connectivity index (χ3v) is 6.03. The van der Waals surface area contributed by atoms with Gasteiger partial charge >= 0.3 is 6.09 Å². The average molecular weight is 462 g/mol. The molecule has 0 unspecified atom stereocenters. The fourth-order valence-corrected chi connectivity index (χ4v) is 4.19. The number of hydrogen-bond acceptors (Lipinski definition) is 5. The van der Waals surface area contributed by atoms with E-state index in [1.165, 1.54) is 12.8 Å². The number of alkyl carbamates (subject to hydrolysis) is 1. The smallest absolute Gasteiger partial charge is 0.407 e. The minimum absolute atomic E-state index is 0.0426. The molecule has 1 saturated heterocycles. The van der Waals surface area contributed by atoms with Gasteiger partial charge in [0.25, 0.3) is 0 Å². The van der Waals surface area contributed by atoms with E-state index in [-0.39, 0.29) is 24.2 Å². The van der Waals surface area contributed by atoms with Gasteiger partial charge < -0.3 is 25.4 Å². The minimum atomic E-state index is -0.894. The molecule has 0 aromatic heterocycles. The zero-order valence-corrected chi connectivity index (χ0v) is 21.0. The van der Waals surface area contributed by atoms with Crippen molar-refractivity contribution in [2.24, 2.45) is 11.8 Å². The molecule has 0 aliphatic carbocycles. The maximum absolute atomic E-state index is 12.9. The van der Waals surface area contributed by atoms with Crippen molar-refractivity contribution in [1.82, 2.24) is 15.5 Å². The van der Waals surface area contributed by atoms with E-state index in [0.717, 1.165) is 25.2 Å². The molecule has 3 atom stereocenters. The molecule has 0 radical (unpaired) electrons. The average Bonchev–Trinajstić information content (AvgIpc) is 3.24. The Morgan fingerprint density at radius 3 is 2.33 bits per heavy atom. The molecule has 1 fully saturated rings. The van der Waals surface area contributed by atoms with E-state index in [1.807, 2.05) is 44.2 Å². The standard InChI is InChI=1S/C26H43N3O4/c1-19(2)21(24(31)27-13-16-29-14-9-10-15-29)18-23(30)22(17-20-11-7-6-8-12-20)28-25(32)33-26(3,4)5/h6-8,11-12,19,21-23,30H,9-10,13-18H2,1-5H3,(H,27,31)(H,28,32)/t21-,22-,23-/m0/s1. The van der Waals surface area contributed by atoms with Crippen molar-refractivity contribution in [3.8, 4) is 0 Å². The number of hydrogen-bond donors (Lipinski definition) is 3. The third-order valence-electron chi connectivity index (χ3n) is 6.03. The van der Waals surface area contributed by atoms with Gasteiger partial charge in [-0.05, 0) is 71.0 Å². The van der Waals surface area contributed by atoms with Gasteiger partial charge in [0, 0.05) is 19.0 Å². The Hall–Kier alpha value is -2.12. The summed E-state index contributed by atoms with van der Waals surface area (Å²) in [5.41, 5.74) is 0.357. The van der Waals surface area contributed by atoms with Gasteiger partial charge in [-0.15, -0.1) is 0 Å². The predicted molar refractivity (Wildman–Crippen MR) is 131 cm³/mol. The fourth-order valence-electron chi connectivity index (χ4n) is 4.19. The molecule has 1 aromatic carbocycles. The number of aliphatic hydroxyl groups excluding tert-OH is 1. The monoisotopic (exact) mass is 461 g/mol. The van der Waals surface area contributed by atoms with Crippen LogP contribution in [0.3, 0.4) is 0 Å². The fraction of sp³-hybridized carbons (Fsp3) is 0.692. The van der Waals surface area contributed by atoms with Crippen molar-refractivity contribution in [3.05, 3.63) is 35.9 Å². The molecule has 2 amide bonds. The highest BCUT2D eigenvalue weighted by atomic mass is 16.6. The van der Waals surface area contributed by atoms with Crippen molar-refractivity contribution in [3.63, 3.8) is 0 Å². The maximum Gasteiger partial charge on any atom is 0.407 e. The normalized spacial score (nSPS) is 17.4. The van der Waals surface area contributed by atoms with Gasteiger partial charge in [0.1, 0.15) is 5.60 Å². The Labute approximate surface area is 199 Å². The summed E-state index contributed by atoms with van der Waals surface area (Å²) in [4.78, 5) is 27.7. The second kappa shape index (κ2) is 12.9. The van der Waals surface area contributed by atoms with Crippen LogP contribution < -0.4 is 10.6 Å². The van der Waals surface area contributed by atoms with Crippen LogP contribution in [0, 0.1) is 11.8 Å². The summed E-state index contributed by atoms with van der Waals surface area (Å²) in [5.74, 6) is -0.332. The molecule has 2 rings (SSSR count). The highest BCUT2D eigenvalue weighted by Crippen LogP contribution is 2.21. The molecule has 0 bridgehead atoms. The summed E-state index contributed by atoms with van der Waals surface area (Å²) >= 11 is 0. The van der Waals surface area contributed by atoms with Crippen LogP contribution in [0.2, 0.25) is 0 Å². The van der Waals surface area contributed by atoms with Crippen molar-refractivity contribution >= 4 is 12.0 Å². The van der Waals surface area contributed by atoms with Crippen LogP contribution >= 0.6 is 0 Å². The Kier molecular flexibility index (Phi) is 10.6. The lowest BCUT2D eigenvalue weighted by Gasteiger charge is -2.30. The minimum Gasteiger partial charge on any atom is -0.444 e. The predicted octanol–water partition coefficient (Wildman–Crippen LogP) is 3.36. The number of nitrogens with zero attached hydrogens (tertiary/aromatic N) is 1. The molecule has 3 N–H and O–H groups in total. The van der Waals surface area contributed by atoms with Crippen LogP contribution in [-0.4, -0.2) is 65.9 Å². The largest absolute Gasteiger partial charge is 0.444 e. The highest BCUT2D eigenvalue weighted by Gasteiger charge is 2.31. The van der Waals surface area contributed by atoms with E-state index < -0.39 is 23.8 Å². The van der Waals surface area contributed by atoms with Gasteiger partial charge in [0.2, 0.25) is 5.91 Å². The summed E-state index contributed by atoms with van der Waals surface area (Å²) < 4.78 is 5.41. The third kappa shape index (κ3) is 10.1. The van der Waals surface area contributed by atoms with E-state index in [0.29, 0.717) is 13.0 Å². The van der Waals surface area contributed by atoms with Crippen LogP contribution in [0.5, 0.6) is 0 Å².